The molecule has 0 unspecified atom stereocenters. The highest BCUT2D eigenvalue weighted by Gasteiger charge is 2.38. The molecule has 0 amide bonds. The first-order valence-corrected chi connectivity index (χ1v) is 4.62. The highest BCUT2D eigenvalue weighted by molar-refractivity contribution is 5.00. The lowest BCUT2D eigenvalue weighted by Crippen LogP contribution is -2.47. The molecular formula is C8H15N5. The number of nitrogens with two attached hydrogens (primary N) is 2. The summed E-state index contributed by atoms with van der Waals surface area (Å²) in [5.41, 5.74) is 12.1. The number of aromatic nitrogens is 3. The Morgan fingerprint density at radius 3 is 2.62 bits per heavy atom. The van der Waals surface area contributed by atoms with Gasteiger partial charge in [0.15, 0.2) is 0 Å². The first-order valence-electron chi connectivity index (χ1n) is 4.62. The van der Waals surface area contributed by atoms with Gasteiger partial charge in [0.05, 0.1) is 17.4 Å². The molecule has 13 heavy (non-hydrogen) atoms. The van der Waals surface area contributed by atoms with Crippen LogP contribution in [0.2, 0.25) is 0 Å². The van der Waals surface area contributed by atoms with Crippen LogP contribution in [0, 0.1) is 0 Å². The molecule has 0 atom stereocenters. The van der Waals surface area contributed by atoms with E-state index in [0.29, 0.717) is 13.1 Å². The molecule has 0 spiro atoms. The molecule has 1 heterocycles. The van der Waals surface area contributed by atoms with Crippen molar-refractivity contribution in [3.8, 4) is 0 Å². The molecule has 5 heteroatoms. The van der Waals surface area contributed by atoms with Crippen LogP contribution in [-0.4, -0.2) is 21.5 Å². The van der Waals surface area contributed by atoms with E-state index in [9.17, 15) is 0 Å². The Morgan fingerprint density at radius 1 is 1.46 bits per heavy atom. The minimum atomic E-state index is 0.0421. The second-order valence-electron chi connectivity index (χ2n) is 3.64. The maximum absolute atomic E-state index is 5.73. The van der Waals surface area contributed by atoms with Gasteiger partial charge in [-0.05, 0) is 19.3 Å². The molecular weight excluding hydrogens is 166 g/mol. The summed E-state index contributed by atoms with van der Waals surface area (Å²) >= 11 is 0. The fourth-order valence-electron chi connectivity index (χ4n) is 1.74. The molecule has 0 aromatic carbocycles. The van der Waals surface area contributed by atoms with Crippen molar-refractivity contribution in [3.63, 3.8) is 0 Å². The average Bonchev–Trinajstić information content (AvgIpc) is 2.52. The Balaban J connectivity index is 2.23. The lowest BCUT2D eigenvalue weighted by Gasteiger charge is -2.40. The van der Waals surface area contributed by atoms with Gasteiger partial charge in [0.25, 0.3) is 0 Å². The van der Waals surface area contributed by atoms with Crippen molar-refractivity contribution in [3.05, 3.63) is 11.9 Å². The molecule has 2 rings (SSSR count). The maximum atomic E-state index is 5.73. The first-order chi connectivity index (χ1) is 6.30. The number of nitrogens with zero attached hydrogens (tertiary/aromatic N) is 3. The summed E-state index contributed by atoms with van der Waals surface area (Å²) < 4.78 is 1.89. The molecule has 1 aromatic rings. The summed E-state index contributed by atoms with van der Waals surface area (Å²) in [6, 6.07) is 0. The van der Waals surface area contributed by atoms with Crippen molar-refractivity contribution in [2.24, 2.45) is 11.5 Å². The molecule has 1 aromatic heterocycles. The molecule has 4 N–H and O–H groups in total. The standard InChI is InChI=1S/C8H15N5/c9-4-7-5-13(12-11-7)8(6-10)2-1-3-8/h5H,1-4,6,9-10H2. The summed E-state index contributed by atoms with van der Waals surface area (Å²) in [4.78, 5) is 0. The van der Waals surface area contributed by atoms with Crippen LogP contribution in [0.5, 0.6) is 0 Å². The van der Waals surface area contributed by atoms with E-state index in [0.717, 1.165) is 18.5 Å². The van der Waals surface area contributed by atoms with Gasteiger partial charge in [-0.25, -0.2) is 4.68 Å². The summed E-state index contributed by atoms with van der Waals surface area (Å²) in [7, 11) is 0. The molecule has 0 saturated heterocycles. The van der Waals surface area contributed by atoms with Crippen LogP contribution in [0.15, 0.2) is 6.20 Å². The fourth-order valence-corrected chi connectivity index (χ4v) is 1.74. The zero-order valence-electron chi connectivity index (χ0n) is 7.61. The predicted octanol–water partition coefficient (Wildman–Crippen LogP) is -0.425. The van der Waals surface area contributed by atoms with Crippen LogP contribution < -0.4 is 11.5 Å². The maximum Gasteiger partial charge on any atom is 0.0962 e. The zero-order valence-corrected chi connectivity index (χ0v) is 7.61. The third kappa shape index (κ3) is 1.24. The van der Waals surface area contributed by atoms with E-state index in [1.54, 1.807) is 0 Å². The Morgan fingerprint density at radius 2 is 2.23 bits per heavy atom. The molecule has 1 fully saturated rings. The molecule has 0 bridgehead atoms. The van der Waals surface area contributed by atoms with Crippen molar-refractivity contribution < 1.29 is 0 Å². The second kappa shape index (κ2) is 3.08. The molecule has 1 saturated carbocycles. The molecule has 0 aliphatic heterocycles. The third-order valence-corrected chi connectivity index (χ3v) is 2.90. The van der Waals surface area contributed by atoms with Gasteiger partial charge >= 0.3 is 0 Å². The average molecular weight is 181 g/mol. The SMILES string of the molecule is NCc1cn(C2(CN)CCC2)nn1. The zero-order chi connectivity index (χ0) is 9.31. The second-order valence-corrected chi connectivity index (χ2v) is 3.64. The van der Waals surface area contributed by atoms with Gasteiger partial charge in [-0.1, -0.05) is 5.21 Å². The highest BCUT2D eigenvalue weighted by Crippen LogP contribution is 2.37. The number of rotatable bonds is 3. The minimum Gasteiger partial charge on any atom is -0.328 e. The summed E-state index contributed by atoms with van der Waals surface area (Å²) in [5.74, 6) is 0. The van der Waals surface area contributed by atoms with Gasteiger partial charge in [0, 0.05) is 13.1 Å². The van der Waals surface area contributed by atoms with E-state index >= 15 is 0 Å². The lowest BCUT2D eigenvalue weighted by molar-refractivity contribution is 0.132. The van der Waals surface area contributed by atoms with Crippen LogP contribution in [0.3, 0.4) is 0 Å². The van der Waals surface area contributed by atoms with Crippen LogP contribution in [-0.2, 0) is 12.1 Å². The van der Waals surface area contributed by atoms with Crippen molar-refractivity contribution in [2.75, 3.05) is 6.54 Å². The topological polar surface area (TPSA) is 82.8 Å². The summed E-state index contributed by atoms with van der Waals surface area (Å²) in [5, 5.41) is 8.02. The molecule has 1 aliphatic carbocycles. The predicted molar refractivity (Wildman–Crippen MR) is 48.8 cm³/mol. The molecule has 1 aliphatic rings. The number of hydrogen-bond donors (Lipinski definition) is 2. The fraction of sp³-hybridized carbons (Fsp3) is 0.750. The van der Waals surface area contributed by atoms with E-state index in [-0.39, 0.29) is 5.54 Å². The largest absolute Gasteiger partial charge is 0.328 e. The van der Waals surface area contributed by atoms with Crippen LogP contribution >= 0.6 is 0 Å². The van der Waals surface area contributed by atoms with E-state index in [4.69, 9.17) is 11.5 Å². The Labute approximate surface area is 77.1 Å². The normalized spacial score (nSPS) is 19.8. The summed E-state index contributed by atoms with van der Waals surface area (Å²) in [6.07, 6.45) is 5.36. The smallest absolute Gasteiger partial charge is 0.0962 e. The number of hydrogen-bond acceptors (Lipinski definition) is 4. The Hall–Kier alpha value is -0.940. The lowest BCUT2D eigenvalue weighted by atomic mass is 9.77. The van der Waals surface area contributed by atoms with Gasteiger partial charge in [-0.15, -0.1) is 5.10 Å². The third-order valence-electron chi connectivity index (χ3n) is 2.90. The quantitative estimate of drug-likeness (QED) is 0.663. The van der Waals surface area contributed by atoms with Crippen molar-refractivity contribution >= 4 is 0 Å². The van der Waals surface area contributed by atoms with E-state index < -0.39 is 0 Å². The molecule has 72 valence electrons. The van der Waals surface area contributed by atoms with E-state index in [1.165, 1.54) is 6.42 Å². The van der Waals surface area contributed by atoms with Gasteiger partial charge in [-0.3, -0.25) is 0 Å². The summed E-state index contributed by atoms with van der Waals surface area (Å²) in [6.45, 7) is 1.08. The Kier molecular flexibility index (Phi) is 2.05. The van der Waals surface area contributed by atoms with Crippen LogP contribution in [0.1, 0.15) is 25.0 Å². The minimum absolute atomic E-state index is 0.0421. The highest BCUT2D eigenvalue weighted by atomic mass is 15.5. The van der Waals surface area contributed by atoms with Crippen molar-refractivity contribution in [1.29, 1.82) is 0 Å². The van der Waals surface area contributed by atoms with Gasteiger partial charge in [-0.2, -0.15) is 0 Å². The first kappa shape index (κ1) is 8.65. The van der Waals surface area contributed by atoms with Gasteiger partial charge in [0.1, 0.15) is 0 Å². The monoisotopic (exact) mass is 181 g/mol. The van der Waals surface area contributed by atoms with E-state index in [2.05, 4.69) is 10.3 Å². The van der Waals surface area contributed by atoms with Gasteiger partial charge in [0.2, 0.25) is 0 Å². The van der Waals surface area contributed by atoms with Crippen molar-refractivity contribution in [2.45, 2.75) is 31.3 Å². The van der Waals surface area contributed by atoms with Crippen LogP contribution in [0.4, 0.5) is 0 Å². The Bertz CT molecular complexity index is 283. The van der Waals surface area contributed by atoms with E-state index in [1.807, 2.05) is 10.9 Å². The van der Waals surface area contributed by atoms with Gasteiger partial charge < -0.3 is 11.5 Å². The van der Waals surface area contributed by atoms with Crippen molar-refractivity contribution in [1.82, 2.24) is 15.0 Å². The molecule has 0 radical (unpaired) electrons. The van der Waals surface area contributed by atoms with Crippen LogP contribution in [0.25, 0.3) is 0 Å². The molecule has 5 nitrogen and oxygen atoms in total.